The first-order chi connectivity index (χ1) is 14.9. The van der Waals surface area contributed by atoms with Crippen LogP contribution in [0.2, 0.25) is 0 Å². The van der Waals surface area contributed by atoms with E-state index in [1.54, 1.807) is 18.3 Å². The molecule has 1 aliphatic heterocycles. The fourth-order valence-corrected chi connectivity index (χ4v) is 4.20. The third-order valence-electron chi connectivity index (χ3n) is 5.88. The summed E-state index contributed by atoms with van der Waals surface area (Å²) in [4.78, 5) is 27.7. The Labute approximate surface area is 181 Å². The molecule has 1 aliphatic carbocycles. The van der Waals surface area contributed by atoms with Crippen LogP contribution in [0.15, 0.2) is 18.3 Å². The number of amides is 1. The number of hydrogen-bond donors (Lipinski definition) is 2. The van der Waals surface area contributed by atoms with Crippen molar-refractivity contribution in [2.45, 2.75) is 45.7 Å². The highest BCUT2D eigenvalue weighted by Crippen LogP contribution is 2.35. The molecule has 2 aromatic heterocycles. The van der Waals surface area contributed by atoms with Crippen LogP contribution in [0.3, 0.4) is 0 Å². The number of carbonyl (C=O) groups excluding carboxylic acids is 1. The zero-order valence-electron chi connectivity index (χ0n) is 18.2. The lowest BCUT2D eigenvalue weighted by Crippen LogP contribution is -2.50. The van der Waals surface area contributed by atoms with E-state index in [-0.39, 0.29) is 23.9 Å². The molecule has 3 heterocycles. The summed E-state index contributed by atoms with van der Waals surface area (Å²) in [5.41, 5.74) is 1.82. The second-order valence-corrected chi connectivity index (χ2v) is 8.60. The van der Waals surface area contributed by atoms with E-state index in [4.69, 9.17) is 15.0 Å². The van der Waals surface area contributed by atoms with Crippen molar-refractivity contribution in [1.82, 2.24) is 15.0 Å². The van der Waals surface area contributed by atoms with E-state index in [0.717, 1.165) is 24.4 Å². The number of carbonyl (C=O) groups is 1. The van der Waals surface area contributed by atoms with Gasteiger partial charge in [-0.05, 0) is 43.7 Å². The number of nitrogens with zero attached hydrogens (tertiary/aromatic N) is 5. The maximum absolute atomic E-state index is 12.5. The van der Waals surface area contributed by atoms with Crippen LogP contribution in [-0.2, 0) is 4.79 Å². The lowest BCUT2D eigenvalue weighted by molar-refractivity contribution is -0.118. The highest BCUT2D eigenvalue weighted by Gasteiger charge is 2.36. The molecule has 2 N–H and O–H groups in total. The van der Waals surface area contributed by atoms with Gasteiger partial charge in [0.2, 0.25) is 11.9 Å². The summed E-state index contributed by atoms with van der Waals surface area (Å²) in [6, 6.07) is 5.45. The van der Waals surface area contributed by atoms with Crippen LogP contribution < -0.4 is 20.3 Å². The lowest BCUT2D eigenvalue weighted by Gasteiger charge is -2.38. The first-order valence-electron chi connectivity index (χ1n) is 10.5. The minimum Gasteiger partial charge on any atom is -0.492 e. The SMILES string of the molecule is Cc1nc(N[C@H]2C[C@@H](COc3ccc(C#N)nc3)C2)nc2c1NC(=O)C(C(C)C)N2C. The molecule has 9 nitrogen and oxygen atoms in total. The summed E-state index contributed by atoms with van der Waals surface area (Å²) in [7, 11) is 1.91. The van der Waals surface area contributed by atoms with Crippen molar-refractivity contribution < 1.29 is 9.53 Å². The monoisotopic (exact) mass is 421 g/mol. The predicted octanol–water partition coefficient (Wildman–Crippen LogP) is 2.73. The van der Waals surface area contributed by atoms with Crippen LogP contribution in [0.5, 0.6) is 5.75 Å². The Morgan fingerprint density at radius 2 is 2.13 bits per heavy atom. The van der Waals surface area contributed by atoms with Crippen molar-refractivity contribution in [2.24, 2.45) is 11.8 Å². The van der Waals surface area contributed by atoms with Crippen LogP contribution in [0.4, 0.5) is 17.5 Å². The third kappa shape index (κ3) is 4.24. The molecular formula is C22H27N7O2. The van der Waals surface area contributed by atoms with E-state index in [0.29, 0.717) is 35.6 Å². The molecule has 0 saturated heterocycles. The highest BCUT2D eigenvalue weighted by atomic mass is 16.5. The first-order valence-corrected chi connectivity index (χ1v) is 10.5. The van der Waals surface area contributed by atoms with E-state index in [1.807, 2.05) is 38.8 Å². The Kier molecular flexibility index (Phi) is 5.63. The summed E-state index contributed by atoms with van der Waals surface area (Å²) in [5.74, 6) is 2.61. The topological polar surface area (TPSA) is 116 Å². The second-order valence-electron chi connectivity index (χ2n) is 8.60. The minimum atomic E-state index is -0.253. The third-order valence-corrected chi connectivity index (χ3v) is 5.88. The number of hydrogen-bond acceptors (Lipinski definition) is 8. The Morgan fingerprint density at radius 3 is 2.77 bits per heavy atom. The molecule has 9 heteroatoms. The standard InChI is InChI=1S/C22H27N7O2/c1-12(2)19-21(30)27-18-13(3)25-22(28-20(18)29(19)4)26-16-7-14(8-16)11-31-17-6-5-15(9-23)24-10-17/h5-6,10,12,14,16,19H,7-8,11H2,1-4H3,(H,27,30)(H,25,26,28)/t14-,16+,19?. The Balaban J connectivity index is 1.34. The molecule has 31 heavy (non-hydrogen) atoms. The fourth-order valence-electron chi connectivity index (χ4n) is 4.20. The van der Waals surface area contributed by atoms with E-state index in [9.17, 15) is 4.79 Å². The van der Waals surface area contributed by atoms with Gasteiger partial charge < -0.3 is 20.3 Å². The van der Waals surface area contributed by atoms with E-state index >= 15 is 0 Å². The fraction of sp³-hybridized carbons (Fsp3) is 0.500. The average Bonchev–Trinajstić information content (AvgIpc) is 2.70. The molecule has 0 bridgehead atoms. The predicted molar refractivity (Wildman–Crippen MR) is 117 cm³/mol. The van der Waals surface area contributed by atoms with Crippen molar-refractivity contribution >= 4 is 23.4 Å². The number of nitrogens with one attached hydrogen (secondary N) is 2. The van der Waals surface area contributed by atoms with Gasteiger partial charge in [-0.25, -0.2) is 9.97 Å². The number of aromatic nitrogens is 3. The van der Waals surface area contributed by atoms with Gasteiger partial charge >= 0.3 is 0 Å². The van der Waals surface area contributed by atoms with Gasteiger partial charge in [-0.15, -0.1) is 0 Å². The van der Waals surface area contributed by atoms with Crippen molar-refractivity contribution in [3.8, 4) is 11.8 Å². The van der Waals surface area contributed by atoms with Crippen LogP contribution in [0.1, 0.15) is 38.1 Å². The van der Waals surface area contributed by atoms with Crippen molar-refractivity contribution in [2.75, 3.05) is 29.2 Å². The number of nitriles is 1. The number of pyridine rings is 1. The van der Waals surface area contributed by atoms with Gasteiger partial charge in [-0.1, -0.05) is 13.8 Å². The molecule has 1 unspecified atom stereocenters. The molecule has 0 aromatic carbocycles. The zero-order valence-corrected chi connectivity index (χ0v) is 18.2. The van der Waals surface area contributed by atoms with E-state index < -0.39 is 0 Å². The maximum atomic E-state index is 12.5. The summed E-state index contributed by atoms with van der Waals surface area (Å²) in [6.45, 7) is 6.56. The molecule has 162 valence electrons. The molecule has 1 saturated carbocycles. The molecule has 1 amide bonds. The first kappa shape index (κ1) is 20.8. The van der Waals surface area contributed by atoms with E-state index in [1.165, 1.54) is 0 Å². The number of ether oxygens (including phenoxy) is 1. The molecule has 2 aliphatic rings. The van der Waals surface area contributed by atoms with Gasteiger partial charge in [-0.2, -0.15) is 10.2 Å². The molecule has 0 spiro atoms. The summed E-state index contributed by atoms with van der Waals surface area (Å²) < 4.78 is 5.78. The second kappa shape index (κ2) is 8.38. The quantitative estimate of drug-likeness (QED) is 0.731. The Morgan fingerprint density at radius 1 is 1.35 bits per heavy atom. The van der Waals surface area contributed by atoms with Gasteiger partial charge in [0, 0.05) is 13.1 Å². The largest absolute Gasteiger partial charge is 0.492 e. The maximum Gasteiger partial charge on any atom is 0.247 e. The van der Waals surface area contributed by atoms with Crippen LogP contribution in [0, 0.1) is 30.1 Å². The lowest BCUT2D eigenvalue weighted by atomic mass is 9.81. The van der Waals surface area contributed by atoms with Crippen molar-refractivity contribution in [1.29, 1.82) is 5.26 Å². The molecular weight excluding hydrogens is 394 g/mol. The summed E-state index contributed by atoms with van der Waals surface area (Å²) in [5, 5.41) is 15.2. The molecule has 1 atom stereocenters. The summed E-state index contributed by atoms with van der Waals surface area (Å²) >= 11 is 0. The zero-order chi connectivity index (χ0) is 22.1. The van der Waals surface area contributed by atoms with Gasteiger partial charge in [0.1, 0.15) is 29.2 Å². The number of anilines is 3. The van der Waals surface area contributed by atoms with Crippen LogP contribution in [-0.4, -0.2) is 46.6 Å². The summed E-state index contributed by atoms with van der Waals surface area (Å²) in [6.07, 6.45) is 3.51. The smallest absolute Gasteiger partial charge is 0.247 e. The minimum absolute atomic E-state index is 0.0169. The van der Waals surface area contributed by atoms with Gasteiger partial charge in [-0.3, -0.25) is 4.79 Å². The average molecular weight is 422 g/mol. The van der Waals surface area contributed by atoms with E-state index in [2.05, 4.69) is 20.6 Å². The van der Waals surface area contributed by atoms with Gasteiger partial charge in [0.25, 0.3) is 0 Å². The number of rotatable bonds is 6. The van der Waals surface area contributed by atoms with Crippen LogP contribution in [0.25, 0.3) is 0 Å². The van der Waals surface area contributed by atoms with Gasteiger partial charge in [0.15, 0.2) is 5.82 Å². The molecule has 4 rings (SSSR count). The number of fused-ring (bicyclic) bond motifs is 1. The normalized spacial score (nSPS) is 22.3. The van der Waals surface area contributed by atoms with Gasteiger partial charge in [0.05, 0.1) is 18.5 Å². The number of likely N-dealkylation sites (N-methyl/N-ethyl adjacent to an activating group) is 1. The molecule has 2 aromatic rings. The Bertz CT molecular complexity index is 1010. The van der Waals surface area contributed by atoms with Crippen molar-refractivity contribution in [3.63, 3.8) is 0 Å². The van der Waals surface area contributed by atoms with Crippen LogP contribution >= 0.6 is 0 Å². The number of aryl methyl sites for hydroxylation is 1. The Hall–Kier alpha value is -3.41. The highest BCUT2D eigenvalue weighted by molar-refractivity contribution is 6.03. The molecule has 0 radical (unpaired) electrons. The van der Waals surface area contributed by atoms with Crippen molar-refractivity contribution in [3.05, 3.63) is 29.7 Å². The molecule has 1 fully saturated rings.